The standard InChI is InChI=1S/C16H22N2O4/c1-10-5-6-11(2)14(9-10)15(20)18(12(3)16(21)22)8-7-17-13(4)19/h5-6,9,12H,7-8H2,1-4H3,(H,17,19)(H,21,22). The van der Waals surface area contributed by atoms with Crippen LogP contribution in [0.4, 0.5) is 0 Å². The Balaban J connectivity index is 3.03. The highest BCUT2D eigenvalue weighted by Crippen LogP contribution is 2.15. The first kappa shape index (κ1) is 17.7. The van der Waals surface area contributed by atoms with Gasteiger partial charge in [-0.3, -0.25) is 9.59 Å². The van der Waals surface area contributed by atoms with E-state index in [1.165, 1.54) is 18.7 Å². The SMILES string of the molecule is CC(=O)NCCN(C(=O)c1cc(C)ccc1C)C(C)C(=O)O. The van der Waals surface area contributed by atoms with Crippen molar-refractivity contribution in [2.75, 3.05) is 13.1 Å². The van der Waals surface area contributed by atoms with Crippen molar-refractivity contribution in [1.82, 2.24) is 10.2 Å². The van der Waals surface area contributed by atoms with Crippen molar-refractivity contribution in [3.63, 3.8) is 0 Å². The molecule has 1 aromatic rings. The van der Waals surface area contributed by atoms with Crippen molar-refractivity contribution in [3.05, 3.63) is 34.9 Å². The molecule has 0 saturated heterocycles. The highest BCUT2D eigenvalue weighted by atomic mass is 16.4. The summed E-state index contributed by atoms with van der Waals surface area (Å²) < 4.78 is 0. The molecule has 22 heavy (non-hydrogen) atoms. The second-order valence-corrected chi connectivity index (χ2v) is 5.31. The molecule has 2 N–H and O–H groups in total. The first-order valence-electron chi connectivity index (χ1n) is 7.09. The predicted octanol–water partition coefficient (Wildman–Crippen LogP) is 1.35. The summed E-state index contributed by atoms with van der Waals surface area (Å²) in [4.78, 5) is 36.1. The van der Waals surface area contributed by atoms with E-state index in [9.17, 15) is 19.5 Å². The molecule has 6 heteroatoms. The van der Waals surface area contributed by atoms with Crippen LogP contribution in [0.25, 0.3) is 0 Å². The number of carbonyl (C=O) groups is 3. The number of nitrogens with zero attached hydrogens (tertiary/aromatic N) is 1. The van der Waals surface area contributed by atoms with Gasteiger partial charge in [-0.1, -0.05) is 17.7 Å². The number of benzene rings is 1. The van der Waals surface area contributed by atoms with E-state index in [0.29, 0.717) is 5.56 Å². The van der Waals surface area contributed by atoms with Crippen molar-refractivity contribution >= 4 is 17.8 Å². The van der Waals surface area contributed by atoms with Crippen LogP contribution in [0.3, 0.4) is 0 Å². The van der Waals surface area contributed by atoms with Crippen molar-refractivity contribution in [2.24, 2.45) is 0 Å². The molecular weight excluding hydrogens is 284 g/mol. The lowest BCUT2D eigenvalue weighted by Gasteiger charge is -2.27. The molecule has 0 radical (unpaired) electrons. The van der Waals surface area contributed by atoms with Crippen LogP contribution in [0.15, 0.2) is 18.2 Å². The van der Waals surface area contributed by atoms with Gasteiger partial charge in [0.25, 0.3) is 5.91 Å². The van der Waals surface area contributed by atoms with Crippen LogP contribution in [0, 0.1) is 13.8 Å². The molecule has 6 nitrogen and oxygen atoms in total. The minimum Gasteiger partial charge on any atom is -0.480 e. The molecule has 0 aliphatic carbocycles. The maximum atomic E-state index is 12.7. The normalized spacial score (nSPS) is 11.6. The molecule has 1 atom stereocenters. The Hall–Kier alpha value is -2.37. The minimum absolute atomic E-state index is 0.138. The zero-order valence-electron chi connectivity index (χ0n) is 13.3. The number of hydrogen-bond donors (Lipinski definition) is 2. The Morgan fingerprint density at radius 3 is 2.45 bits per heavy atom. The average Bonchev–Trinajstić information content (AvgIpc) is 2.44. The second-order valence-electron chi connectivity index (χ2n) is 5.31. The average molecular weight is 306 g/mol. The minimum atomic E-state index is -1.08. The number of carboxylic acids is 1. The molecule has 0 saturated carbocycles. The van der Waals surface area contributed by atoms with Gasteiger partial charge < -0.3 is 15.3 Å². The maximum Gasteiger partial charge on any atom is 0.326 e. The third kappa shape index (κ3) is 4.58. The van der Waals surface area contributed by atoms with Crippen molar-refractivity contribution < 1.29 is 19.5 Å². The maximum absolute atomic E-state index is 12.7. The van der Waals surface area contributed by atoms with Crippen LogP contribution in [0.5, 0.6) is 0 Å². The molecule has 1 rings (SSSR count). The summed E-state index contributed by atoms with van der Waals surface area (Å²) in [7, 11) is 0. The summed E-state index contributed by atoms with van der Waals surface area (Å²) in [5, 5.41) is 11.8. The number of nitrogens with one attached hydrogen (secondary N) is 1. The second kappa shape index (κ2) is 7.59. The molecular formula is C16H22N2O4. The van der Waals surface area contributed by atoms with Crippen LogP contribution < -0.4 is 5.32 Å². The summed E-state index contributed by atoms with van der Waals surface area (Å²) in [6, 6.07) is 4.51. The fourth-order valence-corrected chi connectivity index (χ4v) is 2.08. The lowest BCUT2D eigenvalue weighted by atomic mass is 10.0. The molecule has 0 aliphatic rings. The number of aliphatic carboxylic acids is 1. The van der Waals surface area contributed by atoms with Gasteiger partial charge in [0, 0.05) is 25.6 Å². The monoisotopic (exact) mass is 306 g/mol. The Bertz CT molecular complexity index is 584. The Kier molecular flexibility index (Phi) is 6.10. The number of carbonyl (C=O) groups excluding carboxylic acids is 2. The van der Waals surface area contributed by atoms with Gasteiger partial charge in [0.15, 0.2) is 0 Å². The third-order valence-corrected chi connectivity index (χ3v) is 3.44. The Morgan fingerprint density at radius 1 is 1.27 bits per heavy atom. The van der Waals surface area contributed by atoms with Gasteiger partial charge >= 0.3 is 5.97 Å². The highest BCUT2D eigenvalue weighted by molar-refractivity contribution is 5.98. The predicted molar refractivity (Wildman–Crippen MR) is 82.7 cm³/mol. The van der Waals surface area contributed by atoms with E-state index < -0.39 is 12.0 Å². The molecule has 0 aliphatic heterocycles. The number of aryl methyl sites for hydroxylation is 2. The lowest BCUT2D eigenvalue weighted by Crippen LogP contribution is -2.47. The van der Waals surface area contributed by atoms with E-state index in [1.54, 1.807) is 6.07 Å². The van der Waals surface area contributed by atoms with E-state index in [-0.39, 0.29) is 24.9 Å². The van der Waals surface area contributed by atoms with Gasteiger partial charge in [0.2, 0.25) is 5.91 Å². The molecule has 0 fully saturated rings. The van der Waals surface area contributed by atoms with Crippen molar-refractivity contribution in [3.8, 4) is 0 Å². The largest absolute Gasteiger partial charge is 0.480 e. The Labute approximate surface area is 130 Å². The van der Waals surface area contributed by atoms with Gasteiger partial charge in [-0.25, -0.2) is 4.79 Å². The fraction of sp³-hybridized carbons (Fsp3) is 0.438. The molecule has 0 bridgehead atoms. The summed E-state index contributed by atoms with van der Waals surface area (Å²) in [5.74, 6) is -1.65. The smallest absolute Gasteiger partial charge is 0.326 e. The third-order valence-electron chi connectivity index (χ3n) is 3.44. The zero-order chi connectivity index (χ0) is 16.9. The van der Waals surface area contributed by atoms with Crippen LogP contribution in [0.2, 0.25) is 0 Å². The summed E-state index contributed by atoms with van der Waals surface area (Å²) in [5.41, 5.74) is 2.20. The summed E-state index contributed by atoms with van der Waals surface area (Å²) in [6.07, 6.45) is 0. The van der Waals surface area contributed by atoms with E-state index in [2.05, 4.69) is 5.32 Å². The van der Waals surface area contributed by atoms with Gasteiger partial charge in [0.05, 0.1) is 0 Å². The van der Waals surface area contributed by atoms with E-state index in [4.69, 9.17) is 0 Å². The van der Waals surface area contributed by atoms with Crippen molar-refractivity contribution in [2.45, 2.75) is 33.7 Å². The molecule has 0 aromatic heterocycles. The van der Waals surface area contributed by atoms with Gasteiger partial charge in [-0.2, -0.15) is 0 Å². The van der Waals surface area contributed by atoms with Crippen LogP contribution in [-0.2, 0) is 9.59 Å². The lowest BCUT2D eigenvalue weighted by molar-refractivity contribution is -0.141. The molecule has 1 unspecified atom stereocenters. The topological polar surface area (TPSA) is 86.7 Å². The number of amides is 2. The molecule has 120 valence electrons. The summed E-state index contributed by atoms with van der Waals surface area (Å²) in [6.45, 7) is 6.86. The molecule has 0 heterocycles. The zero-order valence-corrected chi connectivity index (χ0v) is 13.3. The first-order valence-corrected chi connectivity index (χ1v) is 7.09. The van der Waals surface area contributed by atoms with Gasteiger partial charge in [0.1, 0.15) is 6.04 Å². The summed E-state index contributed by atoms with van der Waals surface area (Å²) >= 11 is 0. The van der Waals surface area contributed by atoms with E-state index in [1.807, 2.05) is 26.0 Å². The van der Waals surface area contributed by atoms with Gasteiger partial charge in [-0.05, 0) is 32.4 Å². The van der Waals surface area contributed by atoms with Crippen molar-refractivity contribution in [1.29, 1.82) is 0 Å². The Morgan fingerprint density at radius 2 is 1.91 bits per heavy atom. The van der Waals surface area contributed by atoms with Crippen LogP contribution in [-0.4, -0.2) is 46.9 Å². The van der Waals surface area contributed by atoms with Gasteiger partial charge in [-0.15, -0.1) is 0 Å². The number of hydrogen-bond acceptors (Lipinski definition) is 3. The number of rotatable bonds is 6. The molecule has 1 aromatic carbocycles. The quantitative estimate of drug-likeness (QED) is 0.830. The fourth-order valence-electron chi connectivity index (χ4n) is 2.08. The van der Waals surface area contributed by atoms with Crippen LogP contribution in [0.1, 0.15) is 35.3 Å². The highest BCUT2D eigenvalue weighted by Gasteiger charge is 2.27. The van der Waals surface area contributed by atoms with E-state index in [0.717, 1.165) is 11.1 Å². The van der Waals surface area contributed by atoms with E-state index >= 15 is 0 Å². The molecule has 2 amide bonds. The number of carboxylic acid groups (broad SMARTS) is 1. The molecule has 0 spiro atoms. The van der Waals surface area contributed by atoms with Crippen LogP contribution >= 0.6 is 0 Å². The first-order chi connectivity index (χ1) is 10.2.